The molecule has 0 saturated carbocycles. The van der Waals surface area contributed by atoms with Gasteiger partial charge in [0, 0.05) is 10.9 Å². The molecule has 0 aliphatic carbocycles. The van der Waals surface area contributed by atoms with Crippen molar-refractivity contribution >= 4 is 38.9 Å². The fourth-order valence-electron chi connectivity index (χ4n) is 1.32. The molecule has 0 saturated heterocycles. The van der Waals surface area contributed by atoms with Crippen LogP contribution in [-0.2, 0) is 0 Å². The van der Waals surface area contributed by atoms with Gasteiger partial charge in [-0.1, -0.05) is 25.4 Å². The smallest absolute Gasteiger partial charge is 0.0887 e. The van der Waals surface area contributed by atoms with E-state index in [-0.39, 0.29) is 0 Å². The third kappa shape index (κ3) is 2.69. The maximum atomic E-state index is 5.97. The van der Waals surface area contributed by atoms with E-state index < -0.39 is 0 Å². The van der Waals surface area contributed by atoms with Crippen LogP contribution in [0.5, 0.6) is 0 Å². The molecular formula is C9H13BrClNS. The van der Waals surface area contributed by atoms with Gasteiger partial charge < -0.3 is 5.32 Å². The summed E-state index contributed by atoms with van der Waals surface area (Å²) >= 11 is 11.1. The molecule has 0 aromatic carbocycles. The Kier molecular flexibility index (Phi) is 4.23. The van der Waals surface area contributed by atoms with Gasteiger partial charge in [-0.05, 0) is 35.0 Å². The van der Waals surface area contributed by atoms with Gasteiger partial charge in [-0.2, -0.15) is 0 Å². The van der Waals surface area contributed by atoms with Crippen LogP contribution in [0, 0.1) is 5.92 Å². The van der Waals surface area contributed by atoms with Crippen LogP contribution in [0.15, 0.2) is 9.85 Å². The van der Waals surface area contributed by atoms with E-state index in [0.29, 0.717) is 12.0 Å². The van der Waals surface area contributed by atoms with E-state index in [1.807, 2.05) is 13.1 Å². The van der Waals surface area contributed by atoms with Crippen molar-refractivity contribution in [2.75, 3.05) is 7.05 Å². The molecule has 1 atom stereocenters. The lowest BCUT2D eigenvalue weighted by molar-refractivity contribution is 0.449. The highest BCUT2D eigenvalue weighted by Gasteiger charge is 2.17. The van der Waals surface area contributed by atoms with Gasteiger partial charge in [-0.3, -0.25) is 0 Å². The van der Waals surface area contributed by atoms with Crippen LogP contribution in [0.4, 0.5) is 0 Å². The molecule has 1 nitrogen and oxygen atoms in total. The van der Waals surface area contributed by atoms with Crippen LogP contribution >= 0.6 is 38.9 Å². The highest BCUT2D eigenvalue weighted by atomic mass is 79.9. The standard InChI is InChI=1S/C9H13BrClNS/c1-5(2)8(12-3)7-4-6(11)9(10)13-7/h4-5,8,12H,1-3H3. The number of hydrogen-bond donors (Lipinski definition) is 1. The minimum Gasteiger partial charge on any atom is -0.312 e. The van der Waals surface area contributed by atoms with E-state index >= 15 is 0 Å². The summed E-state index contributed by atoms with van der Waals surface area (Å²) < 4.78 is 1.02. The van der Waals surface area contributed by atoms with E-state index in [4.69, 9.17) is 11.6 Å². The Hall–Kier alpha value is 0.430. The van der Waals surface area contributed by atoms with E-state index in [0.717, 1.165) is 8.81 Å². The zero-order chi connectivity index (χ0) is 10.0. The molecule has 1 heterocycles. The Bertz CT molecular complexity index is 266. The Morgan fingerprint density at radius 3 is 2.46 bits per heavy atom. The first kappa shape index (κ1) is 11.5. The molecule has 74 valence electrons. The Morgan fingerprint density at radius 2 is 2.15 bits per heavy atom. The van der Waals surface area contributed by atoms with Crippen molar-refractivity contribution in [3.05, 3.63) is 19.8 Å². The second kappa shape index (κ2) is 4.78. The van der Waals surface area contributed by atoms with Crippen LogP contribution in [0.3, 0.4) is 0 Å². The third-order valence-electron chi connectivity index (χ3n) is 1.95. The summed E-state index contributed by atoms with van der Waals surface area (Å²) in [6.07, 6.45) is 0. The van der Waals surface area contributed by atoms with Gasteiger partial charge in [0.25, 0.3) is 0 Å². The Morgan fingerprint density at radius 1 is 1.54 bits per heavy atom. The first-order valence-corrected chi connectivity index (χ1v) is 6.17. The molecular weight excluding hydrogens is 270 g/mol. The van der Waals surface area contributed by atoms with Gasteiger partial charge in [0.1, 0.15) is 0 Å². The summed E-state index contributed by atoms with van der Waals surface area (Å²) in [7, 11) is 1.98. The van der Waals surface area contributed by atoms with Gasteiger partial charge in [0.15, 0.2) is 0 Å². The van der Waals surface area contributed by atoms with Crippen molar-refractivity contribution in [3.63, 3.8) is 0 Å². The van der Waals surface area contributed by atoms with Crippen LogP contribution in [0.25, 0.3) is 0 Å². The van der Waals surface area contributed by atoms with Gasteiger partial charge in [0.2, 0.25) is 0 Å². The number of halogens is 2. The number of hydrogen-bond acceptors (Lipinski definition) is 2. The normalized spacial score (nSPS) is 13.7. The molecule has 0 spiro atoms. The monoisotopic (exact) mass is 281 g/mol. The molecule has 1 unspecified atom stereocenters. The van der Waals surface area contributed by atoms with Crippen molar-refractivity contribution in [3.8, 4) is 0 Å². The minimum atomic E-state index is 0.397. The fraction of sp³-hybridized carbons (Fsp3) is 0.556. The topological polar surface area (TPSA) is 12.0 Å². The Labute approximate surface area is 96.6 Å². The van der Waals surface area contributed by atoms with Crippen molar-refractivity contribution in [2.24, 2.45) is 5.92 Å². The van der Waals surface area contributed by atoms with E-state index in [9.17, 15) is 0 Å². The third-order valence-corrected chi connectivity index (χ3v) is 4.51. The predicted octanol–water partition coefficient (Wildman–Crippen LogP) is 4.08. The Balaban J connectivity index is 2.92. The van der Waals surface area contributed by atoms with Gasteiger partial charge >= 0.3 is 0 Å². The molecule has 1 N–H and O–H groups in total. The average molecular weight is 283 g/mol. The van der Waals surface area contributed by atoms with Crippen molar-refractivity contribution in [1.82, 2.24) is 5.32 Å². The summed E-state index contributed by atoms with van der Waals surface area (Å²) in [5.74, 6) is 0.576. The molecule has 4 heteroatoms. The fourth-order valence-corrected chi connectivity index (χ4v) is 3.35. The van der Waals surface area contributed by atoms with Crippen molar-refractivity contribution in [1.29, 1.82) is 0 Å². The van der Waals surface area contributed by atoms with Crippen LogP contribution < -0.4 is 5.32 Å². The lowest BCUT2D eigenvalue weighted by Gasteiger charge is -2.18. The maximum absolute atomic E-state index is 5.97. The van der Waals surface area contributed by atoms with Crippen molar-refractivity contribution < 1.29 is 0 Å². The number of rotatable bonds is 3. The maximum Gasteiger partial charge on any atom is 0.0887 e. The zero-order valence-corrected chi connectivity index (χ0v) is 11.1. The van der Waals surface area contributed by atoms with Crippen molar-refractivity contribution in [2.45, 2.75) is 19.9 Å². The summed E-state index contributed by atoms with van der Waals surface area (Å²) in [4.78, 5) is 1.29. The first-order valence-electron chi connectivity index (χ1n) is 4.18. The molecule has 1 aromatic rings. The SMILES string of the molecule is CNC(c1cc(Cl)c(Br)s1)C(C)C. The van der Waals surface area contributed by atoms with Gasteiger partial charge in [0.05, 0.1) is 8.81 Å². The summed E-state index contributed by atoms with van der Waals surface area (Å²) in [5, 5.41) is 4.10. The van der Waals surface area contributed by atoms with Gasteiger partial charge in [-0.15, -0.1) is 11.3 Å². The quantitative estimate of drug-likeness (QED) is 0.881. The highest BCUT2D eigenvalue weighted by molar-refractivity contribution is 9.11. The summed E-state index contributed by atoms with van der Waals surface area (Å²) in [6.45, 7) is 4.39. The molecule has 1 rings (SSSR count). The lowest BCUT2D eigenvalue weighted by Crippen LogP contribution is -2.20. The highest BCUT2D eigenvalue weighted by Crippen LogP contribution is 2.37. The molecule has 0 amide bonds. The summed E-state index contributed by atoms with van der Waals surface area (Å²) in [5.41, 5.74) is 0. The summed E-state index contributed by atoms with van der Waals surface area (Å²) in [6, 6.07) is 2.42. The molecule has 13 heavy (non-hydrogen) atoms. The first-order chi connectivity index (χ1) is 6.06. The van der Waals surface area contributed by atoms with Crippen LogP contribution in [-0.4, -0.2) is 7.05 Å². The number of nitrogens with one attached hydrogen (secondary N) is 1. The zero-order valence-electron chi connectivity index (χ0n) is 7.90. The molecule has 0 fully saturated rings. The predicted molar refractivity (Wildman–Crippen MR) is 63.7 cm³/mol. The minimum absolute atomic E-state index is 0.397. The van der Waals surface area contributed by atoms with Crippen LogP contribution in [0.1, 0.15) is 24.8 Å². The lowest BCUT2D eigenvalue weighted by atomic mass is 10.0. The van der Waals surface area contributed by atoms with E-state index in [1.165, 1.54) is 4.88 Å². The molecule has 0 aliphatic rings. The second-order valence-electron chi connectivity index (χ2n) is 3.28. The van der Waals surface area contributed by atoms with E-state index in [1.54, 1.807) is 11.3 Å². The molecule has 1 aromatic heterocycles. The molecule has 0 radical (unpaired) electrons. The average Bonchev–Trinajstić information content (AvgIpc) is 2.32. The molecule has 0 bridgehead atoms. The second-order valence-corrected chi connectivity index (χ2v) is 6.09. The molecule has 0 aliphatic heterocycles. The number of thiophene rings is 1. The van der Waals surface area contributed by atoms with E-state index in [2.05, 4.69) is 35.1 Å². The van der Waals surface area contributed by atoms with Crippen LogP contribution in [0.2, 0.25) is 5.02 Å². The largest absolute Gasteiger partial charge is 0.312 e. The van der Waals surface area contributed by atoms with Gasteiger partial charge in [-0.25, -0.2) is 0 Å².